The number of ether oxygens (including phenoxy) is 4. The first-order chi connectivity index (χ1) is 17.2. The Morgan fingerprint density at radius 3 is 2.14 bits per heavy atom. The van der Waals surface area contributed by atoms with Crippen molar-refractivity contribution in [2.75, 3.05) is 33.0 Å². The van der Waals surface area contributed by atoms with Crippen molar-refractivity contribution >= 4 is 29.5 Å². The largest absolute Gasteiger partial charge is 0.478 e. The second-order valence-corrected chi connectivity index (χ2v) is 7.72. The van der Waals surface area contributed by atoms with Gasteiger partial charge in [-0.15, -0.1) is 0 Å². The van der Waals surface area contributed by atoms with Gasteiger partial charge >= 0.3 is 11.9 Å². The molecule has 3 rings (SSSR count). The number of rotatable bonds is 12. The fraction of sp³-hybridized carbons (Fsp3) is 0.320. The van der Waals surface area contributed by atoms with E-state index in [4.69, 9.17) is 30.1 Å². The minimum absolute atomic E-state index is 0.0559. The molecular formula is C25H27N3O8. The van der Waals surface area contributed by atoms with Crippen LogP contribution in [-0.4, -0.2) is 67.3 Å². The Labute approximate surface area is 207 Å². The number of nitrogens with one attached hydrogen (secondary N) is 1. The van der Waals surface area contributed by atoms with Crippen molar-refractivity contribution in [3.8, 4) is 11.5 Å². The van der Waals surface area contributed by atoms with Gasteiger partial charge < -0.3 is 29.6 Å². The summed E-state index contributed by atoms with van der Waals surface area (Å²) in [6, 6.07) is 9.14. The maximum Gasteiger partial charge on any atom is 0.344 e. The van der Waals surface area contributed by atoms with Crippen LogP contribution in [0.25, 0.3) is 0 Å². The molecule has 0 saturated carbocycles. The molecule has 36 heavy (non-hydrogen) atoms. The first kappa shape index (κ1) is 26.2. The molecule has 0 aliphatic carbocycles. The lowest BCUT2D eigenvalue weighted by molar-refractivity contribution is -0.146. The SMILES string of the molecule is CCOC(=O)COc1ccc(C(=O)CN2Cc3cc(C(=N)N)ccc3C2=O)cc1OCC(=O)OCC. The molecule has 0 radical (unpaired) electrons. The van der Waals surface area contributed by atoms with Crippen LogP contribution in [0.3, 0.4) is 0 Å². The molecule has 1 aliphatic rings. The third kappa shape index (κ3) is 6.38. The second-order valence-electron chi connectivity index (χ2n) is 7.72. The maximum atomic E-state index is 13.0. The molecule has 0 unspecified atom stereocenters. The van der Waals surface area contributed by atoms with Gasteiger partial charge in [-0.3, -0.25) is 15.0 Å². The topological polar surface area (TPSA) is 158 Å². The minimum atomic E-state index is -0.615. The fourth-order valence-electron chi connectivity index (χ4n) is 3.53. The molecule has 1 heterocycles. The highest BCUT2D eigenvalue weighted by atomic mass is 16.6. The van der Waals surface area contributed by atoms with Gasteiger partial charge in [-0.05, 0) is 49.7 Å². The van der Waals surface area contributed by atoms with Gasteiger partial charge in [0, 0.05) is 23.2 Å². The average Bonchev–Trinajstić information content (AvgIpc) is 3.16. The Kier molecular flexibility index (Phi) is 8.61. The van der Waals surface area contributed by atoms with E-state index in [0.29, 0.717) is 16.7 Å². The van der Waals surface area contributed by atoms with Crippen LogP contribution in [0.2, 0.25) is 0 Å². The molecule has 0 aromatic heterocycles. The summed E-state index contributed by atoms with van der Waals surface area (Å²) in [4.78, 5) is 50.6. The number of amidine groups is 1. The smallest absolute Gasteiger partial charge is 0.344 e. The van der Waals surface area contributed by atoms with Crippen molar-refractivity contribution in [3.05, 3.63) is 58.7 Å². The number of esters is 2. The van der Waals surface area contributed by atoms with Crippen LogP contribution in [0.4, 0.5) is 0 Å². The third-order valence-electron chi connectivity index (χ3n) is 5.20. The van der Waals surface area contributed by atoms with Gasteiger partial charge in [0.05, 0.1) is 19.8 Å². The summed E-state index contributed by atoms with van der Waals surface area (Å²) in [5.41, 5.74) is 7.37. The summed E-state index contributed by atoms with van der Waals surface area (Å²) >= 11 is 0. The number of Topliss-reactive ketones (excluding diaryl/α,β-unsaturated/α-hetero) is 1. The number of nitrogen functional groups attached to an aromatic ring is 1. The van der Waals surface area contributed by atoms with Crippen LogP contribution in [0, 0.1) is 5.41 Å². The fourth-order valence-corrected chi connectivity index (χ4v) is 3.53. The predicted octanol–water partition coefficient (Wildman–Crippen LogP) is 1.69. The Balaban J connectivity index is 1.75. The number of amides is 1. The summed E-state index contributed by atoms with van der Waals surface area (Å²) in [5, 5.41) is 7.57. The number of nitrogens with zero attached hydrogens (tertiary/aromatic N) is 1. The zero-order valence-corrected chi connectivity index (χ0v) is 20.0. The minimum Gasteiger partial charge on any atom is -0.478 e. The van der Waals surface area contributed by atoms with Gasteiger partial charge in [-0.2, -0.15) is 0 Å². The molecule has 0 spiro atoms. The molecule has 1 amide bonds. The van der Waals surface area contributed by atoms with Crippen molar-refractivity contribution in [1.29, 1.82) is 5.41 Å². The van der Waals surface area contributed by atoms with Crippen LogP contribution >= 0.6 is 0 Å². The van der Waals surface area contributed by atoms with Crippen molar-refractivity contribution in [3.63, 3.8) is 0 Å². The zero-order chi connectivity index (χ0) is 26.2. The first-order valence-corrected chi connectivity index (χ1v) is 11.2. The molecule has 3 N–H and O–H groups in total. The van der Waals surface area contributed by atoms with E-state index in [0.717, 1.165) is 0 Å². The molecule has 0 bridgehead atoms. The lowest BCUT2D eigenvalue weighted by atomic mass is 10.1. The highest BCUT2D eigenvalue weighted by molar-refractivity contribution is 6.05. The lowest BCUT2D eigenvalue weighted by Gasteiger charge is -2.16. The molecule has 1 aliphatic heterocycles. The Bertz CT molecular complexity index is 1190. The standard InChI is InChI=1S/C25H27N3O8/c1-3-33-22(30)13-35-20-8-6-15(10-21(20)36-14-23(31)34-4-2)19(29)12-28-11-17-9-16(24(26)27)5-7-18(17)25(28)32/h5-10H,3-4,11-14H2,1-2H3,(H3,26,27). The monoisotopic (exact) mass is 497 g/mol. The molecule has 0 atom stereocenters. The summed E-state index contributed by atoms with van der Waals surface area (Å²) in [5.74, 6) is -1.81. The molecule has 2 aromatic rings. The number of hydrogen-bond donors (Lipinski definition) is 2. The van der Waals surface area contributed by atoms with Crippen molar-refractivity contribution < 1.29 is 38.1 Å². The second kappa shape index (κ2) is 11.8. The summed E-state index contributed by atoms with van der Waals surface area (Å²) in [7, 11) is 0. The summed E-state index contributed by atoms with van der Waals surface area (Å²) in [6.45, 7) is 2.86. The summed E-state index contributed by atoms with van der Waals surface area (Å²) < 4.78 is 20.6. The Morgan fingerprint density at radius 2 is 1.53 bits per heavy atom. The van der Waals surface area contributed by atoms with E-state index in [-0.39, 0.29) is 67.5 Å². The van der Waals surface area contributed by atoms with Crippen molar-refractivity contribution in [1.82, 2.24) is 4.90 Å². The summed E-state index contributed by atoms with van der Waals surface area (Å²) in [6.07, 6.45) is 0. The predicted molar refractivity (Wildman–Crippen MR) is 127 cm³/mol. The van der Waals surface area contributed by atoms with Gasteiger partial charge in [0.2, 0.25) is 0 Å². The van der Waals surface area contributed by atoms with E-state index in [9.17, 15) is 19.2 Å². The number of carbonyl (C=O) groups is 4. The molecular weight excluding hydrogens is 470 g/mol. The normalized spacial score (nSPS) is 12.1. The average molecular weight is 498 g/mol. The lowest BCUT2D eigenvalue weighted by Crippen LogP contribution is -2.30. The zero-order valence-electron chi connectivity index (χ0n) is 20.0. The van der Waals surface area contributed by atoms with E-state index >= 15 is 0 Å². The number of hydrogen-bond acceptors (Lipinski definition) is 9. The molecule has 11 nitrogen and oxygen atoms in total. The molecule has 11 heteroatoms. The Hall–Kier alpha value is -4.41. The van der Waals surface area contributed by atoms with Crippen molar-refractivity contribution in [2.24, 2.45) is 5.73 Å². The molecule has 0 saturated heterocycles. The number of carbonyl (C=O) groups excluding carboxylic acids is 4. The highest BCUT2D eigenvalue weighted by Gasteiger charge is 2.29. The van der Waals surface area contributed by atoms with E-state index < -0.39 is 18.5 Å². The van der Waals surface area contributed by atoms with Crippen LogP contribution in [0.15, 0.2) is 36.4 Å². The molecule has 2 aromatic carbocycles. The molecule has 190 valence electrons. The van der Waals surface area contributed by atoms with Crippen LogP contribution in [0.1, 0.15) is 45.7 Å². The van der Waals surface area contributed by atoms with Gasteiger partial charge in [-0.1, -0.05) is 6.07 Å². The third-order valence-corrected chi connectivity index (χ3v) is 5.20. The van der Waals surface area contributed by atoms with Crippen LogP contribution in [-0.2, 0) is 25.6 Å². The van der Waals surface area contributed by atoms with E-state index in [1.54, 1.807) is 32.0 Å². The van der Waals surface area contributed by atoms with E-state index in [1.165, 1.54) is 23.1 Å². The van der Waals surface area contributed by atoms with E-state index in [1.807, 2.05) is 0 Å². The number of fused-ring (bicyclic) bond motifs is 1. The number of nitrogens with two attached hydrogens (primary N) is 1. The number of benzene rings is 2. The van der Waals surface area contributed by atoms with Gasteiger partial charge in [0.1, 0.15) is 5.84 Å². The molecule has 0 fully saturated rings. The maximum absolute atomic E-state index is 13.0. The van der Waals surface area contributed by atoms with Crippen molar-refractivity contribution in [2.45, 2.75) is 20.4 Å². The highest BCUT2D eigenvalue weighted by Crippen LogP contribution is 2.30. The first-order valence-electron chi connectivity index (χ1n) is 11.2. The Morgan fingerprint density at radius 1 is 0.917 bits per heavy atom. The quantitative estimate of drug-likeness (QED) is 0.193. The number of ketones is 1. The van der Waals surface area contributed by atoms with Crippen LogP contribution in [0.5, 0.6) is 11.5 Å². The van der Waals surface area contributed by atoms with E-state index in [2.05, 4.69) is 0 Å². The van der Waals surface area contributed by atoms with Gasteiger partial charge in [0.25, 0.3) is 5.91 Å². The van der Waals surface area contributed by atoms with Gasteiger partial charge in [0.15, 0.2) is 30.5 Å². The van der Waals surface area contributed by atoms with Gasteiger partial charge in [-0.25, -0.2) is 9.59 Å². The van der Waals surface area contributed by atoms with Crippen LogP contribution < -0.4 is 15.2 Å².